The fraction of sp³-hybridized carbons (Fsp3) is 0.667. The number of rotatable bonds is 7. The highest BCUT2D eigenvalue weighted by molar-refractivity contribution is 9.09. The Labute approximate surface area is 125 Å². The molecule has 4 heteroatoms. The lowest BCUT2D eigenvalue weighted by molar-refractivity contribution is 0.729. The maximum Gasteiger partial charge on any atom is 0.0774 e. The first-order valence-corrected chi connectivity index (χ1v) is 8.25. The third-order valence-corrected chi connectivity index (χ3v) is 4.37. The summed E-state index contributed by atoms with van der Waals surface area (Å²) >= 11 is 3.52. The maximum absolute atomic E-state index is 6.35. The molecule has 0 aliphatic rings. The zero-order chi connectivity index (χ0) is 14.4. The fourth-order valence-corrected chi connectivity index (χ4v) is 2.50. The average Bonchev–Trinajstić information content (AvgIpc) is 2.41. The van der Waals surface area contributed by atoms with Gasteiger partial charge < -0.3 is 10.6 Å². The molecule has 108 valence electrons. The number of unbranched alkanes of at least 4 members (excludes halogenated alkanes) is 1. The Bertz CT molecular complexity index is 407. The molecule has 0 radical (unpaired) electrons. The molecule has 0 aliphatic carbocycles. The van der Waals surface area contributed by atoms with Gasteiger partial charge in [0.05, 0.1) is 17.1 Å². The van der Waals surface area contributed by atoms with Gasteiger partial charge in [-0.2, -0.15) is 0 Å². The summed E-state index contributed by atoms with van der Waals surface area (Å²) in [5.41, 5.74) is 10.4. The van der Waals surface area contributed by atoms with Gasteiger partial charge in [-0.1, -0.05) is 36.2 Å². The van der Waals surface area contributed by atoms with E-state index in [2.05, 4.69) is 52.7 Å². The number of anilines is 2. The van der Waals surface area contributed by atoms with Gasteiger partial charge in [-0.25, -0.2) is 0 Å². The quantitative estimate of drug-likeness (QED) is 0.766. The van der Waals surface area contributed by atoms with Crippen molar-refractivity contribution in [2.75, 3.05) is 29.1 Å². The number of nitrogens with two attached hydrogens (primary N) is 1. The van der Waals surface area contributed by atoms with E-state index in [9.17, 15) is 0 Å². The molecule has 0 aliphatic heterocycles. The maximum atomic E-state index is 6.35. The van der Waals surface area contributed by atoms with Crippen molar-refractivity contribution in [1.29, 1.82) is 0 Å². The monoisotopic (exact) mass is 327 g/mol. The molecule has 1 atom stereocenters. The molecule has 1 aromatic heterocycles. The lowest BCUT2D eigenvalue weighted by Gasteiger charge is -2.26. The van der Waals surface area contributed by atoms with Crippen LogP contribution in [0.5, 0.6) is 0 Å². The predicted octanol–water partition coefficient (Wildman–Crippen LogP) is 4.10. The van der Waals surface area contributed by atoms with Crippen LogP contribution in [-0.2, 0) is 0 Å². The van der Waals surface area contributed by atoms with E-state index in [-0.39, 0.29) is 0 Å². The van der Waals surface area contributed by atoms with Crippen LogP contribution in [0.2, 0.25) is 0 Å². The Balaban J connectivity index is 3.15. The molecular weight excluding hydrogens is 302 g/mol. The van der Waals surface area contributed by atoms with Crippen LogP contribution in [0.1, 0.15) is 50.9 Å². The van der Waals surface area contributed by atoms with Crippen LogP contribution in [0.3, 0.4) is 0 Å². The van der Waals surface area contributed by atoms with Crippen molar-refractivity contribution in [3.8, 4) is 0 Å². The first-order chi connectivity index (χ1) is 9.04. The minimum Gasteiger partial charge on any atom is -0.396 e. The topological polar surface area (TPSA) is 42.2 Å². The summed E-state index contributed by atoms with van der Waals surface area (Å²) in [5, 5.41) is 0.883. The van der Waals surface area contributed by atoms with Crippen LogP contribution in [0.15, 0.2) is 6.07 Å². The van der Waals surface area contributed by atoms with Gasteiger partial charge in [0, 0.05) is 30.0 Å². The molecule has 3 nitrogen and oxygen atoms in total. The van der Waals surface area contributed by atoms with Crippen LogP contribution in [0.4, 0.5) is 11.4 Å². The number of nitrogen functional groups attached to an aromatic ring is 1. The molecule has 1 aromatic rings. The minimum atomic E-state index is 0.337. The van der Waals surface area contributed by atoms with Crippen molar-refractivity contribution in [2.45, 2.75) is 46.5 Å². The van der Waals surface area contributed by atoms with Crippen LogP contribution >= 0.6 is 15.9 Å². The number of aryl methyl sites for hydroxylation is 1. The van der Waals surface area contributed by atoms with Crippen molar-refractivity contribution in [2.24, 2.45) is 0 Å². The van der Waals surface area contributed by atoms with Gasteiger partial charge in [-0.05, 0) is 26.3 Å². The lowest BCUT2D eigenvalue weighted by Crippen LogP contribution is -2.26. The molecule has 0 saturated heterocycles. The molecule has 0 fully saturated rings. The number of nitrogens with zero attached hydrogens (tertiary/aromatic N) is 2. The third kappa shape index (κ3) is 4.10. The summed E-state index contributed by atoms with van der Waals surface area (Å²) in [6.45, 7) is 10.6. The SMILES string of the molecule is CCCCN(CC)c1cc(C)nc(C(C)CBr)c1N. The number of hydrogen-bond donors (Lipinski definition) is 1. The van der Waals surface area contributed by atoms with Crippen molar-refractivity contribution in [3.63, 3.8) is 0 Å². The zero-order valence-corrected chi connectivity index (χ0v) is 14.1. The summed E-state index contributed by atoms with van der Waals surface area (Å²) in [6.07, 6.45) is 2.39. The van der Waals surface area contributed by atoms with E-state index in [0.29, 0.717) is 5.92 Å². The largest absolute Gasteiger partial charge is 0.396 e. The Morgan fingerprint density at radius 3 is 2.63 bits per heavy atom. The van der Waals surface area contributed by atoms with Crippen molar-refractivity contribution in [3.05, 3.63) is 17.5 Å². The summed E-state index contributed by atoms with van der Waals surface area (Å²) in [7, 11) is 0. The van der Waals surface area contributed by atoms with Crippen molar-refractivity contribution < 1.29 is 0 Å². The average molecular weight is 328 g/mol. The molecule has 0 amide bonds. The Kier molecular flexibility index (Phi) is 6.63. The van der Waals surface area contributed by atoms with Gasteiger partial charge in [0.1, 0.15) is 0 Å². The fourth-order valence-electron chi connectivity index (χ4n) is 2.20. The number of halogens is 1. The van der Waals surface area contributed by atoms with E-state index in [1.54, 1.807) is 0 Å². The molecule has 1 heterocycles. The Morgan fingerprint density at radius 2 is 2.11 bits per heavy atom. The van der Waals surface area contributed by atoms with Crippen molar-refractivity contribution in [1.82, 2.24) is 4.98 Å². The molecule has 1 unspecified atom stereocenters. The Morgan fingerprint density at radius 1 is 1.42 bits per heavy atom. The summed E-state index contributed by atoms with van der Waals surface area (Å²) < 4.78 is 0. The molecule has 19 heavy (non-hydrogen) atoms. The van der Waals surface area contributed by atoms with Gasteiger partial charge in [0.15, 0.2) is 0 Å². The first kappa shape index (κ1) is 16.3. The van der Waals surface area contributed by atoms with E-state index in [1.807, 2.05) is 6.92 Å². The number of alkyl halides is 1. The molecule has 1 rings (SSSR count). The van der Waals surface area contributed by atoms with Gasteiger partial charge in [-0.15, -0.1) is 0 Å². The van der Waals surface area contributed by atoms with E-state index >= 15 is 0 Å². The molecule has 0 aromatic carbocycles. The van der Waals surface area contributed by atoms with Crippen LogP contribution in [-0.4, -0.2) is 23.4 Å². The van der Waals surface area contributed by atoms with Crippen LogP contribution in [0.25, 0.3) is 0 Å². The highest BCUT2D eigenvalue weighted by atomic mass is 79.9. The second kappa shape index (κ2) is 7.73. The second-order valence-electron chi connectivity index (χ2n) is 5.07. The molecular formula is C15H26BrN3. The van der Waals surface area contributed by atoms with E-state index in [0.717, 1.165) is 41.2 Å². The Hall–Kier alpha value is -0.770. The molecule has 0 bridgehead atoms. The zero-order valence-electron chi connectivity index (χ0n) is 12.5. The highest BCUT2D eigenvalue weighted by Gasteiger charge is 2.17. The summed E-state index contributed by atoms with van der Waals surface area (Å²) in [4.78, 5) is 6.98. The van der Waals surface area contributed by atoms with Crippen LogP contribution < -0.4 is 10.6 Å². The normalized spacial score (nSPS) is 12.5. The van der Waals surface area contributed by atoms with Crippen LogP contribution in [0, 0.1) is 6.92 Å². The number of hydrogen-bond acceptors (Lipinski definition) is 3. The smallest absolute Gasteiger partial charge is 0.0774 e. The predicted molar refractivity (Wildman–Crippen MR) is 88.4 cm³/mol. The molecule has 0 saturated carbocycles. The molecule has 0 spiro atoms. The first-order valence-electron chi connectivity index (χ1n) is 7.13. The number of aromatic nitrogens is 1. The minimum absolute atomic E-state index is 0.337. The van der Waals surface area contributed by atoms with Crippen molar-refractivity contribution >= 4 is 27.3 Å². The summed E-state index contributed by atoms with van der Waals surface area (Å²) in [5.74, 6) is 0.337. The van der Waals surface area contributed by atoms with Gasteiger partial charge >= 0.3 is 0 Å². The van der Waals surface area contributed by atoms with E-state index in [4.69, 9.17) is 5.73 Å². The van der Waals surface area contributed by atoms with E-state index in [1.165, 1.54) is 12.8 Å². The number of pyridine rings is 1. The molecule has 2 N–H and O–H groups in total. The second-order valence-corrected chi connectivity index (χ2v) is 5.72. The van der Waals surface area contributed by atoms with Gasteiger partial charge in [-0.3, -0.25) is 4.98 Å². The standard InChI is InChI=1S/C15H26BrN3/c1-5-7-8-19(6-2)13-9-12(4)18-15(14(13)17)11(3)10-16/h9,11H,5-8,10,17H2,1-4H3. The van der Waals surface area contributed by atoms with Gasteiger partial charge in [0.25, 0.3) is 0 Å². The van der Waals surface area contributed by atoms with E-state index < -0.39 is 0 Å². The summed E-state index contributed by atoms with van der Waals surface area (Å²) in [6, 6.07) is 2.11. The third-order valence-electron chi connectivity index (χ3n) is 3.40. The highest BCUT2D eigenvalue weighted by Crippen LogP contribution is 2.31. The lowest BCUT2D eigenvalue weighted by atomic mass is 10.1. The van der Waals surface area contributed by atoms with Gasteiger partial charge in [0.2, 0.25) is 0 Å².